The maximum absolute atomic E-state index is 9.34. The van der Waals surface area contributed by atoms with E-state index < -0.39 is 0 Å². The number of aromatic nitrogens is 2. The van der Waals surface area contributed by atoms with Crippen molar-refractivity contribution in [3.63, 3.8) is 0 Å². The van der Waals surface area contributed by atoms with Crippen LogP contribution in [0.5, 0.6) is 0 Å². The van der Waals surface area contributed by atoms with Crippen LogP contribution in [0.15, 0.2) is 66.7 Å². The van der Waals surface area contributed by atoms with E-state index in [9.17, 15) is 5.26 Å². The van der Waals surface area contributed by atoms with E-state index in [2.05, 4.69) is 72.3 Å². The molecule has 0 unspecified atom stereocenters. The molecule has 0 aliphatic rings. The van der Waals surface area contributed by atoms with Gasteiger partial charge in [0, 0.05) is 6.54 Å². The molecule has 0 saturated carbocycles. The lowest BCUT2D eigenvalue weighted by Gasteiger charge is -2.11. The topological polar surface area (TPSA) is 53.6 Å². The minimum atomic E-state index is 0.695. The highest BCUT2D eigenvalue weighted by atomic mass is 15.2. The average Bonchev–Trinajstić information content (AvgIpc) is 3.07. The van der Waals surface area contributed by atoms with Crippen LogP contribution in [-0.2, 0) is 6.54 Å². The van der Waals surface area contributed by atoms with Crippen LogP contribution in [0, 0.1) is 18.3 Å². The second-order valence-electron chi connectivity index (χ2n) is 6.85. The number of nitrogens with one attached hydrogen (secondary N) is 1. The van der Waals surface area contributed by atoms with Crippen molar-refractivity contribution in [2.24, 2.45) is 0 Å². The smallest absolute Gasteiger partial charge is 0.204 e. The standard InChI is InChI=1S/C24H22N4/c1-3-26-24-27-23-17(2)7-6-10-22(23)28(24)16-18-11-13-19(14-12-18)21-9-5-4-8-20(21)15-25/h4-14H,3,16H2,1-2H3,(H,26,27). The molecule has 0 fully saturated rings. The van der Waals surface area contributed by atoms with E-state index in [1.165, 1.54) is 11.1 Å². The van der Waals surface area contributed by atoms with Crippen molar-refractivity contribution in [1.29, 1.82) is 5.26 Å². The van der Waals surface area contributed by atoms with Gasteiger partial charge in [0.05, 0.1) is 29.2 Å². The van der Waals surface area contributed by atoms with Crippen LogP contribution >= 0.6 is 0 Å². The van der Waals surface area contributed by atoms with E-state index in [4.69, 9.17) is 4.98 Å². The molecule has 1 N–H and O–H groups in total. The van der Waals surface area contributed by atoms with Crippen molar-refractivity contribution in [1.82, 2.24) is 9.55 Å². The van der Waals surface area contributed by atoms with Gasteiger partial charge in [0.25, 0.3) is 0 Å². The van der Waals surface area contributed by atoms with Crippen molar-refractivity contribution in [3.8, 4) is 17.2 Å². The number of nitrogens with zero attached hydrogens (tertiary/aromatic N) is 3. The highest BCUT2D eigenvalue weighted by molar-refractivity contribution is 5.82. The van der Waals surface area contributed by atoms with Crippen molar-refractivity contribution in [3.05, 3.63) is 83.4 Å². The number of nitriles is 1. The summed E-state index contributed by atoms with van der Waals surface area (Å²) < 4.78 is 2.23. The van der Waals surface area contributed by atoms with E-state index in [-0.39, 0.29) is 0 Å². The lowest BCUT2D eigenvalue weighted by molar-refractivity contribution is 0.826. The second-order valence-corrected chi connectivity index (χ2v) is 6.85. The van der Waals surface area contributed by atoms with Crippen molar-refractivity contribution in [2.45, 2.75) is 20.4 Å². The van der Waals surface area contributed by atoms with Crippen LogP contribution in [0.2, 0.25) is 0 Å². The van der Waals surface area contributed by atoms with E-state index in [1.54, 1.807) is 0 Å². The average molecular weight is 366 g/mol. The Morgan fingerprint density at radius 2 is 1.79 bits per heavy atom. The number of anilines is 1. The van der Waals surface area contributed by atoms with Crippen LogP contribution in [0.1, 0.15) is 23.6 Å². The number of imidazole rings is 1. The monoisotopic (exact) mass is 366 g/mol. The molecule has 3 aromatic carbocycles. The third kappa shape index (κ3) is 3.23. The first kappa shape index (κ1) is 17.8. The van der Waals surface area contributed by atoms with Crippen molar-refractivity contribution >= 4 is 17.0 Å². The Labute approximate surface area is 165 Å². The normalized spacial score (nSPS) is 10.8. The fourth-order valence-electron chi connectivity index (χ4n) is 3.54. The first-order valence-corrected chi connectivity index (χ1v) is 9.49. The molecule has 0 aliphatic carbocycles. The number of para-hydroxylation sites is 1. The van der Waals surface area contributed by atoms with Crippen LogP contribution in [0.25, 0.3) is 22.2 Å². The van der Waals surface area contributed by atoms with Gasteiger partial charge in [0.15, 0.2) is 0 Å². The van der Waals surface area contributed by atoms with Gasteiger partial charge in [-0.1, -0.05) is 54.6 Å². The summed E-state index contributed by atoms with van der Waals surface area (Å²) in [5, 5.41) is 12.7. The zero-order valence-electron chi connectivity index (χ0n) is 16.1. The molecular formula is C24H22N4. The number of hydrogen-bond acceptors (Lipinski definition) is 3. The number of hydrogen-bond donors (Lipinski definition) is 1. The minimum Gasteiger partial charge on any atom is -0.356 e. The lowest BCUT2D eigenvalue weighted by atomic mass is 9.99. The van der Waals surface area contributed by atoms with Gasteiger partial charge in [-0.15, -0.1) is 0 Å². The van der Waals surface area contributed by atoms with Gasteiger partial charge in [-0.05, 0) is 48.2 Å². The first-order chi connectivity index (χ1) is 13.7. The Bertz CT molecular complexity index is 1160. The number of aryl methyl sites for hydroxylation is 1. The van der Waals surface area contributed by atoms with Crippen LogP contribution in [0.4, 0.5) is 5.95 Å². The molecule has 0 radical (unpaired) electrons. The third-order valence-electron chi connectivity index (χ3n) is 4.97. The summed E-state index contributed by atoms with van der Waals surface area (Å²) in [5.74, 6) is 0.894. The summed E-state index contributed by atoms with van der Waals surface area (Å²) >= 11 is 0. The second kappa shape index (κ2) is 7.58. The quantitative estimate of drug-likeness (QED) is 0.517. The summed E-state index contributed by atoms with van der Waals surface area (Å²) in [5.41, 5.74) is 7.26. The van der Waals surface area contributed by atoms with Gasteiger partial charge in [-0.2, -0.15) is 5.26 Å². The van der Waals surface area contributed by atoms with Gasteiger partial charge < -0.3 is 9.88 Å². The van der Waals surface area contributed by atoms with Gasteiger partial charge in [-0.3, -0.25) is 0 Å². The van der Waals surface area contributed by atoms with E-state index in [0.717, 1.165) is 41.2 Å². The molecule has 0 amide bonds. The van der Waals surface area contributed by atoms with E-state index in [1.807, 2.05) is 24.3 Å². The summed E-state index contributed by atoms with van der Waals surface area (Å²) in [7, 11) is 0. The maximum Gasteiger partial charge on any atom is 0.204 e. The Balaban J connectivity index is 1.70. The molecular weight excluding hydrogens is 344 g/mol. The molecule has 0 atom stereocenters. The fraction of sp³-hybridized carbons (Fsp3) is 0.167. The largest absolute Gasteiger partial charge is 0.356 e. The number of rotatable bonds is 5. The van der Waals surface area contributed by atoms with Gasteiger partial charge >= 0.3 is 0 Å². The minimum absolute atomic E-state index is 0.695. The Kier molecular flexibility index (Phi) is 4.82. The molecule has 4 aromatic rings. The number of fused-ring (bicyclic) bond motifs is 1. The van der Waals surface area contributed by atoms with Crippen LogP contribution < -0.4 is 5.32 Å². The molecule has 0 aliphatic heterocycles. The van der Waals surface area contributed by atoms with Crippen LogP contribution in [-0.4, -0.2) is 16.1 Å². The zero-order chi connectivity index (χ0) is 19.5. The van der Waals surface area contributed by atoms with Gasteiger partial charge in [-0.25, -0.2) is 4.98 Å². The molecule has 4 nitrogen and oxygen atoms in total. The highest BCUT2D eigenvalue weighted by Gasteiger charge is 2.12. The summed E-state index contributed by atoms with van der Waals surface area (Å²) in [6, 6.07) is 24.7. The molecule has 0 bridgehead atoms. The van der Waals surface area contributed by atoms with E-state index >= 15 is 0 Å². The molecule has 28 heavy (non-hydrogen) atoms. The zero-order valence-corrected chi connectivity index (χ0v) is 16.1. The Hall–Kier alpha value is -3.58. The van der Waals surface area contributed by atoms with Crippen molar-refractivity contribution < 1.29 is 0 Å². The number of benzene rings is 3. The van der Waals surface area contributed by atoms with Gasteiger partial charge in [0.2, 0.25) is 5.95 Å². The summed E-state index contributed by atoms with van der Waals surface area (Å²) in [6.45, 7) is 5.74. The van der Waals surface area contributed by atoms with Crippen LogP contribution in [0.3, 0.4) is 0 Å². The lowest BCUT2D eigenvalue weighted by Crippen LogP contribution is -2.08. The molecule has 0 saturated heterocycles. The first-order valence-electron chi connectivity index (χ1n) is 9.49. The molecule has 1 heterocycles. The molecule has 1 aromatic heterocycles. The molecule has 138 valence electrons. The third-order valence-corrected chi connectivity index (χ3v) is 4.97. The highest BCUT2D eigenvalue weighted by Crippen LogP contribution is 2.26. The Morgan fingerprint density at radius 1 is 1.00 bits per heavy atom. The molecule has 4 heteroatoms. The van der Waals surface area contributed by atoms with E-state index in [0.29, 0.717) is 5.56 Å². The van der Waals surface area contributed by atoms with Crippen molar-refractivity contribution in [2.75, 3.05) is 11.9 Å². The van der Waals surface area contributed by atoms with Gasteiger partial charge in [0.1, 0.15) is 0 Å². The predicted octanol–water partition coefficient (Wildman–Crippen LogP) is 5.36. The predicted molar refractivity (Wildman–Crippen MR) is 114 cm³/mol. The maximum atomic E-state index is 9.34. The summed E-state index contributed by atoms with van der Waals surface area (Å²) in [6.07, 6.45) is 0. The summed E-state index contributed by atoms with van der Waals surface area (Å²) in [4.78, 5) is 4.80. The molecule has 0 spiro atoms. The fourth-order valence-corrected chi connectivity index (χ4v) is 3.54. The SMILES string of the molecule is CCNc1nc2c(C)cccc2n1Cc1ccc(-c2ccccc2C#N)cc1. The molecule has 4 rings (SSSR count). The Morgan fingerprint density at radius 3 is 2.54 bits per heavy atom.